The zero-order valence-corrected chi connectivity index (χ0v) is 19.3. The quantitative estimate of drug-likeness (QED) is 0.418. The van der Waals surface area contributed by atoms with Crippen LogP contribution in [-0.4, -0.2) is 44.2 Å². The number of ether oxygens (including phenoxy) is 4. The first kappa shape index (κ1) is 23.3. The second-order valence-electron chi connectivity index (χ2n) is 8.29. The Hall–Kier alpha value is -2.89. The number of hydrogen-bond acceptors (Lipinski definition) is 8. The van der Waals surface area contributed by atoms with Crippen LogP contribution in [0.15, 0.2) is 35.2 Å². The molecule has 0 fully saturated rings. The first-order chi connectivity index (χ1) is 15.8. The molecule has 4 rings (SSSR count). The first-order valence-electron chi connectivity index (χ1n) is 10.7. The first-order valence-corrected chi connectivity index (χ1v) is 12.1. The van der Waals surface area contributed by atoms with Crippen molar-refractivity contribution in [1.29, 1.82) is 0 Å². The molecule has 0 saturated heterocycles. The van der Waals surface area contributed by atoms with Gasteiger partial charge in [0.25, 0.3) is 5.69 Å². The van der Waals surface area contributed by atoms with Crippen molar-refractivity contribution in [2.75, 3.05) is 26.6 Å². The van der Waals surface area contributed by atoms with Crippen molar-refractivity contribution in [3.63, 3.8) is 0 Å². The highest BCUT2D eigenvalue weighted by Gasteiger charge is 2.30. The zero-order chi connectivity index (χ0) is 23.6. The van der Waals surface area contributed by atoms with Crippen LogP contribution in [0.25, 0.3) is 0 Å². The second-order valence-corrected chi connectivity index (χ2v) is 10.2. The summed E-state index contributed by atoms with van der Waals surface area (Å²) < 4.78 is 50.6. The molecular formula is C22H26N2O8S. The lowest BCUT2D eigenvalue weighted by atomic mass is 10.1. The third kappa shape index (κ3) is 5.05. The summed E-state index contributed by atoms with van der Waals surface area (Å²) in [5.41, 5.74) is 0.803. The van der Waals surface area contributed by atoms with Gasteiger partial charge in [-0.2, -0.15) is 4.31 Å². The average molecular weight is 479 g/mol. The maximum absolute atomic E-state index is 13.7. The van der Waals surface area contributed by atoms with Crippen LogP contribution in [0.2, 0.25) is 0 Å². The van der Waals surface area contributed by atoms with E-state index in [0.29, 0.717) is 48.0 Å². The predicted molar refractivity (Wildman–Crippen MR) is 118 cm³/mol. The zero-order valence-electron chi connectivity index (χ0n) is 18.5. The molecule has 0 aromatic heterocycles. The molecule has 2 heterocycles. The molecule has 2 aromatic carbocycles. The van der Waals surface area contributed by atoms with Crippen LogP contribution in [0.5, 0.6) is 17.2 Å². The maximum Gasteiger partial charge on any atom is 0.270 e. The number of fused-ring (bicyclic) bond motifs is 2. The van der Waals surface area contributed by atoms with Crippen LogP contribution in [0.1, 0.15) is 31.4 Å². The number of nitrogens with zero attached hydrogens (tertiary/aromatic N) is 2. The van der Waals surface area contributed by atoms with Crippen molar-refractivity contribution < 1.29 is 32.3 Å². The third-order valence-electron chi connectivity index (χ3n) is 5.44. The van der Waals surface area contributed by atoms with Gasteiger partial charge in [-0.25, -0.2) is 8.42 Å². The van der Waals surface area contributed by atoms with Gasteiger partial charge in [-0.1, -0.05) is 13.8 Å². The minimum atomic E-state index is -3.95. The van der Waals surface area contributed by atoms with Crippen molar-refractivity contribution in [3.05, 3.63) is 51.6 Å². The van der Waals surface area contributed by atoms with Crippen molar-refractivity contribution in [2.45, 2.75) is 38.3 Å². The van der Waals surface area contributed by atoms with E-state index in [2.05, 4.69) is 0 Å². The van der Waals surface area contributed by atoms with Crippen LogP contribution < -0.4 is 14.2 Å². The Balaban J connectivity index is 1.72. The van der Waals surface area contributed by atoms with E-state index in [9.17, 15) is 18.5 Å². The van der Waals surface area contributed by atoms with E-state index >= 15 is 0 Å². The van der Waals surface area contributed by atoms with Gasteiger partial charge in [0.15, 0.2) is 18.3 Å². The fraction of sp³-hybridized carbons (Fsp3) is 0.455. The van der Waals surface area contributed by atoms with Crippen molar-refractivity contribution >= 4 is 15.7 Å². The van der Waals surface area contributed by atoms with E-state index in [-0.39, 0.29) is 43.0 Å². The summed E-state index contributed by atoms with van der Waals surface area (Å²) in [7, 11) is -3.95. The molecule has 0 saturated carbocycles. The summed E-state index contributed by atoms with van der Waals surface area (Å²) >= 11 is 0. The third-order valence-corrected chi connectivity index (χ3v) is 7.28. The summed E-state index contributed by atoms with van der Waals surface area (Å²) in [4.78, 5) is 11.0. The highest BCUT2D eigenvalue weighted by Crippen LogP contribution is 2.36. The van der Waals surface area contributed by atoms with Gasteiger partial charge in [-0.3, -0.25) is 10.1 Å². The van der Waals surface area contributed by atoms with Gasteiger partial charge < -0.3 is 18.9 Å². The summed E-state index contributed by atoms with van der Waals surface area (Å²) in [6, 6.07) is 7.28. The molecule has 0 spiro atoms. The molecule has 2 aliphatic heterocycles. The molecule has 0 N–H and O–H groups in total. The molecule has 11 heteroatoms. The highest BCUT2D eigenvalue weighted by atomic mass is 32.2. The lowest BCUT2D eigenvalue weighted by molar-refractivity contribution is -0.385. The normalized spacial score (nSPS) is 15.3. The van der Waals surface area contributed by atoms with Gasteiger partial charge in [0.1, 0.15) is 19.0 Å². The van der Waals surface area contributed by atoms with E-state index in [4.69, 9.17) is 18.9 Å². The van der Waals surface area contributed by atoms with Crippen LogP contribution in [-0.2, 0) is 27.9 Å². The van der Waals surface area contributed by atoms with Crippen molar-refractivity contribution in [3.8, 4) is 17.2 Å². The molecule has 2 aromatic rings. The number of rotatable bonds is 8. The fourth-order valence-electron chi connectivity index (χ4n) is 3.71. The van der Waals surface area contributed by atoms with Gasteiger partial charge in [-0.05, 0) is 24.5 Å². The second kappa shape index (κ2) is 9.54. The Bertz CT molecular complexity index is 1150. The van der Waals surface area contributed by atoms with Crippen LogP contribution in [0.3, 0.4) is 0 Å². The van der Waals surface area contributed by atoms with Gasteiger partial charge in [-0.15, -0.1) is 0 Å². The topological polar surface area (TPSA) is 117 Å². The molecule has 0 unspecified atom stereocenters. The molecule has 0 bridgehead atoms. The molecular weight excluding hydrogens is 452 g/mol. The van der Waals surface area contributed by atoms with E-state index in [1.807, 2.05) is 13.8 Å². The molecule has 0 amide bonds. The minimum Gasteiger partial charge on any atom is -0.486 e. The summed E-state index contributed by atoms with van der Waals surface area (Å²) in [6.45, 7) is 5.07. The van der Waals surface area contributed by atoms with Gasteiger partial charge in [0.2, 0.25) is 10.0 Å². The molecule has 0 aliphatic carbocycles. The lowest BCUT2D eigenvalue weighted by Gasteiger charge is -2.27. The smallest absolute Gasteiger partial charge is 0.270 e. The molecule has 10 nitrogen and oxygen atoms in total. The molecule has 0 radical (unpaired) electrons. The van der Waals surface area contributed by atoms with Gasteiger partial charge >= 0.3 is 0 Å². The lowest BCUT2D eigenvalue weighted by Crippen LogP contribution is -2.33. The van der Waals surface area contributed by atoms with Gasteiger partial charge in [0, 0.05) is 42.4 Å². The minimum absolute atomic E-state index is 0.00127. The Morgan fingerprint density at radius 1 is 1.09 bits per heavy atom. The molecule has 33 heavy (non-hydrogen) atoms. The highest BCUT2D eigenvalue weighted by molar-refractivity contribution is 7.89. The van der Waals surface area contributed by atoms with E-state index in [0.717, 1.165) is 0 Å². The number of benzene rings is 2. The molecule has 178 valence electrons. The number of nitro groups is 1. The number of hydrogen-bond donors (Lipinski definition) is 0. The Labute approximate surface area is 192 Å². The molecule has 2 aliphatic rings. The Kier molecular flexibility index (Phi) is 6.73. The number of non-ortho nitro benzene ring substituents is 1. The van der Waals surface area contributed by atoms with Gasteiger partial charge in [0.05, 0.1) is 16.4 Å². The summed E-state index contributed by atoms with van der Waals surface area (Å²) in [5.74, 6) is 1.56. The fourth-order valence-corrected chi connectivity index (χ4v) is 5.16. The van der Waals surface area contributed by atoms with Crippen LogP contribution in [0.4, 0.5) is 5.69 Å². The summed E-state index contributed by atoms with van der Waals surface area (Å²) in [5, 5.41) is 11.5. The monoisotopic (exact) mass is 478 g/mol. The number of nitro benzene ring substituents is 1. The molecule has 0 atom stereocenters. The average Bonchev–Trinajstić information content (AvgIpc) is 2.80. The largest absolute Gasteiger partial charge is 0.486 e. The van der Waals surface area contributed by atoms with Crippen molar-refractivity contribution in [1.82, 2.24) is 4.31 Å². The maximum atomic E-state index is 13.7. The van der Waals surface area contributed by atoms with Crippen LogP contribution in [0, 0.1) is 16.0 Å². The predicted octanol–water partition coefficient (Wildman–Crippen LogP) is 3.47. The standard InChI is InChI=1S/C22H26N2O8S/c1-15(2)5-6-23(33(27,28)19-3-4-20-21(11-19)31-8-7-30-20)12-16-9-18(24(25)26)10-17-13-29-14-32-22(16)17/h3-4,9-11,15H,5-8,12-14H2,1-2H3. The Morgan fingerprint density at radius 2 is 1.85 bits per heavy atom. The van der Waals surface area contributed by atoms with E-state index < -0.39 is 14.9 Å². The van der Waals surface area contributed by atoms with E-state index in [1.165, 1.54) is 28.6 Å². The summed E-state index contributed by atoms with van der Waals surface area (Å²) in [6.07, 6.45) is 0.616. The number of sulfonamides is 1. The van der Waals surface area contributed by atoms with E-state index in [1.54, 1.807) is 6.07 Å². The van der Waals surface area contributed by atoms with Crippen LogP contribution >= 0.6 is 0 Å². The Morgan fingerprint density at radius 3 is 2.58 bits per heavy atom. The SMILES string of the molecule is CC(C)CCN(Cc1cc([N+](=O)[O-])cc2c1OCOC2)S(=O)(=O)c1ccc2c(c1)OCCO2. The van der Waals surface area contributed by atoms with Crippen molar-refractivity contribution in [2.24, 2.45) is 5.92 Å².